The molecule has 1 aliphatic heterocycles. The normalized spacial score (nSPS) is 19.2. The first kappa shape index (κ1) is 10.8. The van der Waals surface area contributed by atoms with Crippen molar-refractivity contribution in [3.8, 4) is 6.07 Å². The molecule has 2 rings (SSSR count). The number of rotatable bonds is 1. The Balaban J connectivity index is 2.34. The van der Waals surface area contributed by atoms with Gasteiger partial charge in [-0.3, -0.25) is 0 Å². The molecule has 1 fully saturated rings. The largest absolute Gasteiger partial charge is 0.387 e. The van der Waals surface area contributed by atoms with Gasteiger partial charge in [0.25, 0.3) is 0 Å². The molecule has 0 unspecified atom stereocenters. The van der Waals surface area contributed by atoms with Gasteiger partial charge in [-0.1, -0.05) is 36.8 Å². The van der Waals surface area contributed by atoms with Crippen LogP contribution in [0.3, 0.4) is 0 Å². The van der Waals surface area contributed by atoms with Gasteiger partial charge in [0.2, 0.25) is 0 Å². The SMILES string of the molecule is N#C/C(=C1/CCCCCN1)c1ccccc1. The quantitative estimate of drug-likeness (QED) is 0.726. The Morgan fingerprint density at radius 3 is 2.69 bits per heavy atom. The van der Waals surface area contributed by atoms with E-state index in [-0.39, 0.29) is 0 Å². The summed E-state index contributed by atoms with van der Waals surface area (Å²) in [6, 6.07) is 12.3. The second kappa shape index (κ2) is 5.37. The summed E-state index contributed by atoms with van der Waals surface area (Å²) in [4.78, 5) is 0. The van der Waals surface area contributed by atoms with Crippen molar-refractivity contribution in [2.24, 2.45) is 0 Å². The van der Waals surface area contributed by atoms with Crippen LogP contribution in [0.15, 0.2) is 36.0 Å². The highest BCUT2D eigenvalue weighted by Crippen LogP contribution is 2.22. The second-order valence-corrected chi connectivity index (χ2v) is 4.07. The lowest BCUT2D eigenvalue weighted by molar-refractivity contribution is 0.721. The van der Waals surface area contributed by atoms with Crippen molar-refractivity contribution in [3.05, 3.63) is 41.6 Å². The molecule has 0 spiro atoms. The molecule has 1 aliphatic rings. The van der Waals surface area contributed by atoms with Gasteiger partial charge in [0.05, 0.1) is 5.57 Å². The van der Waals surface area contributed by atoms with E-state index in [1.807, 2.05) is 30.3 Å². The summed E-state index contributed by atoms with van der Waals surface area (Å²) in [6.07, 6.45) is 4.64. The summed E-state index contributed by atoms with van der Waals surface area (Å²) in [5.74, 6) is 0. The minimum atomic E-state index is 0.808. The summed E-state index contributed by atoms with van der Waals surface area (Å²) in [6.45, 7) is 0.993. The number of nitriles is 1. The third-order valence-electron chi connectivity index (χ3n) is 2.92. The van der Waals surface area contributed by atoms with Crippen LogP contribution in [0.1, 0.15) is 31.2 Å². The predicted molar refractivity (Wildman–Crippen MR) is 65.4 cm³/mol. The molecule has 82 valence electrons. The van der Waals surface area contributed by atoms with E-state index in [2.05, 4.69) is 11.4 Å². The summed E-state index contributed by atoms with van der Waals surface area (Å²) in [5, 5.41) is 12.7. The fraction of sp³-hybridized carbons (Fsp3) is 0.357. The maximum absolute atomic E-state index is 9.28. The molecule has 0 atom stereocenters. The highest BCUT2D eigenvalue weighted by molar-refractivity contribution is 5.78. The Morgan fingerprint density at radius 1 is 1.12 bits per heavy atom. The van der Waals surface area contributed by atoms with Crippen LogP contribution in [0.4, 0.5) is 0 Å². The van der Waals surface area contributed by atoms with Gasteiger partial charge in [0.1, 0.15) is 6.07 Å². The van der Waals surface area contributed by atoms with Crippen LogP contribution < -0.4 is 5.32 Å². The standard InChI is InChI=1S/C14H16N2/c15-11-13(12-7-3-1-4-8-12)14-9-5-2-6-10-16-14/h1,3-4,7-8,16H,2,5-6,9-10H2/b14-13+. The van der Waals surface area contributed by atoms with Crippen LogP contribution in [0.25, 0.3) is 5.57 Å². The summed E-state index contributed by atoms with van der Waals surface area (Å²) >= 11 is 0. The Kier molecular flexibility index (Phi) is 3.61. The highest BCUT2D eigenvalue weighted by Gasteiger charge is 2.10. The maximum Gasteiger partial charge on any atom is 0.102 e. The van der Waals surface area contributed by atoms with Crippen molar-refractivity contribution < 1.29 is 0 Å². The average Bonchev–Trinajstić information content (AvgIpc) is 2.61. The molecule has 1 heterocycles. The van der Waals surface area contributed by atoms with Crippen molar-refractivity contribution >= 4 is 5.57 Å². The second-order valence-electron chi connectivity index (χ2n) is 4.07. The van der Waals surface area contributed by atoms with Crippen LogP contribution in [-0.4, -0.2) is 6.54 Å². The predicted octanol–water partition coefficient (Wildman–Crippen LogP) is 3.08. The van der Waals surface area contributed by atoms with E-state index in [0.29, 0.717) is 0 Å². The lowest BCUT2D eigenvalue weighted by Crippen LogP contribution is -2.13. The van der Waals surface area contributed by atoms with Gasteiger partial charge in [-0.15, -0.1) is 0 Å². The van der Waals surface area contributed by atoms with E-state index in [4.69, 9.17) is 0 Å². The summed E-state index contributed by atoms with van der Waals surface area (Å²) < 4.78 is 0. The van der Waals surface area contributed by atoms with Crippen molar-refractivity contribution in [1.29, 1.82) is 5.26 Å². The lowest BCUT2D eigenvalue weighted by Gasteiger charge is -2.09. The maximum atomic E-state index is 9.28. The van der Waals surface area contributed by atoms with Gasteiger partial charge in [-0.2, -0.15) is 5.26 Å². The number of nitrogens with one attached hydrogen (secondary N) is 1. The van der Waals surface area contributed by atoms with Crippen LogP contribution in [0.2, 0.25) is 0 Å². The Labute approximate surface area is 96.6 Å². The molecule has 1 saturated heterocycles. The molecule has 0 aromatic heterocycles. The number of hydrogen-bond acceptors (Lipinski definition) is 2. The Bertz CT molecular complexity index is 402. The monoisotopic (exact) mass is 212 g/mol. The molecule has 0 amide bonds. The molecule has 2 nitrogen and oxygen atoms in total. The number of allylic oxidation sites excluding steroid dienone is 2. The number of nitrogens with zero attached hydrogens (tertiary/aromatic N) is 1. The van der Waals surface area contributed by atoms with Gasteiger partial charge in [0, 0.05) is 12.2 Å². The van der Waals surface area contributed by atoms with Crippen LogP contribution in [0.5, 0.6) is 0 Å². The Morgan fingerprint density at radius 2 is 1.94 bits per heavy atom. The van der Waals surface area contributed by atoms with Gasteiger partial charge >= 0.3 is 0 Å². The van der Waals surface area contributed by atoms with Gasteiger partial charge < -0.3 is 5.32 Å². The topological polar surface area (TPSA) is 35.8 Å². The molecule has 0 radical (unpaired) electrons. The van der Waals surface area contributed by atoms with Crippen LogP contribution in [-0.2, 0) is 0 Å². The number of benzene rings is 1. The minimum Gasteiger partial charge on any atom is -0.387 e. The molecule has 1 aromatic carbocycles. The van der Waals surface area contributed by atoms with Crippen LogP contribution >= 0.6 is 0 Å². The summed E-state index contributed by atoms with van der Waals surface area (Å²) in [5.41, 5.74) is 2.95. The summed E-state index contributed by atoms with van der Waals surface area (Å²) in [7, 11) is 0. The molecule has 1 N–H and O–H groups in total. The van der Waals surface area contributed by atoms with Gasteiger partial charge in [0.15, 0.2) is 0 Å². The molecule has 1 aromatic rings. The molecule has 0 aliphatic carbocycles. The van der Waals surface area contributed by atoms with Crippen molar-refractivity contribution in [3.63, 3.8) is 0 Å². The highest BCUT2D eigenvalue weighted by atomic mass is 14.9. The van der Waals surface area contributed by atoms with Gasteiger partial charge in [-0.05, 0) is 24.8 Å². The van der Waals surface area contributed by atoms with E-state index in [0.717, 1.165) is 29.8 Å². The Hall–Kier alpha value is -1.75. The zero-order chi connectivity index (χ0) is 11.2. The first-order chi connectivity index (χ1) is 7.92. The van der Waals surface area contributed by atoms with E-state index >= 15 is 0 Å². The zero-order valence-electron chi connectivity index (χ0n) is 9.37. The first-order valence-electron chi connectivity index (χ1n) is 5.84. The molecule has 16 heavy (non-hydrogen) atoms. The smallest absolute Gasteiger partial charge is 0.102 e. The molecule has 0 saturated carbocycles. The zero-order valence-corrected chi connectivity index (χ0v) is 9.37. The number of hydrogen-bond donors (Lipinski definition) is 1. The van der Waals surface area contributed by atoms with Crippen molar-refractivity contribution in [2.75, 3.05) is 6.54 Å². The third-order valence-corrected chi connectivity index (χ3v) is 2.92. The first-order valence-corrected chi connectivity index (χ1v) is 5.84. The lowest BCUT2D eigenvalue weighted by atomic mass is 10.0. The molecule has 2 heteroatoms. The third kappa shape index (κ3) is 2.43. The van der Waals surface area contributed by atoms with Crippen LogP contribution in [0, 0.1) is 11.3 Å². The van der Waals surface area contributed by atoms with Gasteiger partial charge in [-0.25, -0.2) is 0 Å². The van der Waals surface area contributed by atoms with E-state index in [9.17, 15) is 5.26 Å². The molecular weight excluding hydrogens is 196 g/mol. The molecular formula is C14H16N2. The van der Waals surface area contributed by atoms with Crippen molar-refractivity contribution in [2.45, 2.75) is 25.7 Å². The van der Waals surface area contributed by atoms with E-state index in [1.165, 1.54) is 19.3 Å². The van der Waals surface area contributed by atoms with E-state index in [1.54, 1.807) is 0 Å². The van der Waals surface area contributed by atoms with Crippen molar-refractivity contribution in [1.82, 2.24) is 5.32 Å². The fourth-order valence-corrected chi connectivity index (χ4v) is 2.06. The molecule has 0 bridgehead atoms. The average molecular weight is 212 g/mol. The minimum absolute atomic E-state index is 0.808. The fourth-order valence-electron chi connectivity index (χ4n) is 2.06. The van der Waals surface area contributed by atoms with E-state index < -0.39 is 0 Å².